The molecule has 0 aliphatic carbocycles. The highest BCUT2D eigenvalue weighted by molar-refractivity contribution is 9.11. The van der Waals surface area contributed by atoms with Crippen LogP contribution in [0.25, 0.3) is 0 Å². The molecule has 1 saturated heterocycles. The van der Waals surface area contributed by atoms with Gasteiger partial charge in [-0.15, -0.1) is 0 Å². The molecule has 0 spiro atoms. The number of aromatic hydroxyl groups is 1. The third kappa shape index (κ3) is 4.45. The molecule has 1 aromatic rings. The molecule has 106 valence electrons. The van der Waals surface area contributed by atoms with Crippen LogP contribution in [0.15, 0.2) is 21.1 Å². The van der Waals surface area contributed by atoms with Crippen LogP contribution in [-0.2, 0) is 11.3 Å². The van der Waals surface area contributed by atoms with E-state index in [1.807, 2.05) is 12.1 Å². The summed E-state index contributed by atoms with van der Waals surface area (Å²) in [5, 5.41) is 9.70. The SMILES string of the molecule is CN(Cc1cc(Br)c(O)c(Br)c1)CC1CCCCO1. The van der Waals surface area contributed by atoms with Crippen molar-refractivity contribution in [3.8, 4) is 5.75 Å². The molecular formula is C14H19Br2NO2. The van der Waals surface area contributed by atoms with Crippen LogP contribution in [0.4, 0.5) is 0 Å². The largest absolute Gasteiger partial charge is 0.506 e. The van der Waals surface area contributed by atoms with E-state index in [1.54, 1.807) is 0 Å². The first-order chi connectivity index (χ1) is 9.06. The first-order valence-electron chi connectivity index (χ1n) is 6.53. The van der Waals surface area contributed by atoms with Crippen LogP contribution >= 0.6 is 31.9 Å². The number of hydrogen-bond acceptors (Lipinski definition) is 3. The Hall–Kier alpha value is -0.100. The number of phenolic OH excluding ortho intramolecular Hbond substituents is 1. The van der Waals surface area contributed by atoms with E-state index in [0.29, 0.717) is 6.10 Å². The van der Waals surface area contributed by atoms with E-state index in [4.69, 9.17) is 4.74 Å². The summed E-state index contributed by atoms with van der Waals surface area (Å²) >= 11 is 6.72. The minimum atomic E-state index is 0.252. The van der Waals surface area contributed by atoms with E-state index in [0.717, 1.165) is 40.6 Å². The van der Waals surface area contributed by atoms with Gasteiger partial charge < -0.3 is 9.84 Å². The number of rotatable bonds is 4. The number of likely N-dealkylation sites (N-methyl/N-ethyl adjacent to an activating group) is 1. The van der Waals surface area contributed by atoms with E-state index in [2.05, 4.69) is 43.8 Å². The first kappa shape index (κ1) is 15.3. The molecule has 1 aromatic carbocycles. The molecule has 1 unspecified atom stereocenters. The molecule has 0 saturated carbocycles. The average molecular weight is 393 g/mol. The van der Waals surface area contributed by atoms with Crippen LogP contribution in [0.1, 0.15) is 24.8 Å². The maximum Gasteiger partial charge on any atom is 0.143 e. The highest BCUT2D eigenvalue weighted by Crippen LogP contribution is 2.33. The summed E-state index contributed by atoms with van der Waals surface area (Å²) in [6.45, 7) is 2.70. The molecule has 19 heavy (non-hydrogen) atoms. The van der Waals surface area contributed by atoms with Crippen molar-refractivity contribution in [2.24, 2.45) is 0 Å². The number of nitrogens with zero attached hydrogens (tertiary/aromatic N) is 1. The molecule has 0 amide bonds. The van der Waals surface area contributed by atoms with Crippen LogP contribution < -0.4 is 0 Å². The molecule has 1 heterocycles. The van der Waals surface area contributed by atoms with Crippen molar-refractivity contribution < 1.29 is 9.84 Å². The Morgan fingerprint density at radius 3 is 2.58 bits per heavy atom. The van der Waals surface area contributed by atoms with Gasteiger partial charge in [0, 0.05) is 19.7 Å². The fourth-order valence-electron chi connectivity index (χ4n) is 2.38. The van der Waals surface area contributed by atoms with Gasteiger partial charge in [-0.25, -0.2) is 0 Å². The Morgan fingerprint density at radius 1 is 1.32 bits per heavy atom. The van der Waals surface area contributed by atoms with Gasteiger partial charge in [0.1, 0.15) is 5.75 Å². The van der Waals surface area contributed by atoms with Gasteiger partial charge in [-0.05, 0) is 75.9 Å². The van der Waals surface area contributed by atoms with E-state index < -0.39 is 0 Å². The molecular weight excluding hydrogens is 374 g/mol. The molecule has 1 fully saturated rings. The second-order valence-electron chi connectivity index (χ2n) is 5.09. The topological polar surface area (TPSA) is 32.7 Å². The highest BCUT2D eigenvalue weighted by Gasteiger charge is 2.16. The van der Waals surface area contributed by atoms with Crippen LogP contribution in [0.5, 0.6) is 5.75 Å². The summed E-state index contributed by atoms with van der Waals surface area (Å²) in [6.07, 6.45) is 3.99. The maximum absolute atomic E-state index is 9.70. The summed E-state index contributed by atoms with van der Waals surface area (Å²) in [7, 11) is 2.10. The minimum Gasteiger partial charge on any atom is -0.506 e. The lowest BCUT2D eigenvalue weighted by Crippen LogP contribution is -2.33. The van der Waals surface area contributed by atoms with Crippen molar-refractivity contribution >= 4 is 31.9 Å². The number of phenols is 1. The normalized spacial score (nSPS) is 19.9. The lowest BCUT2D eigenvalue weighted by Gasteiger charge is -2.27. The molecule has 5 heteroatoms. The zero-order chi connectivity index (χ0) is 13.8. The Morgan fingerprint density at radius 2 is 2.00 bits per heavy atom. The maximum atomic E-state index is 9.70. The second-order valence-corrected chi connectivity index (χ2v) is 6.80. The molecule has 2 rings (SSSR count). The van der Waals surface area contributed by atoms with Crippen molar-refractivity contribution in [2.75, 3.05) is 20.2 Å². The molecule has 1 N–H and O–H groups in total. The first-order valence-corrected chi connectivity index (χ1v) is 8.12. The van der Waals surface area contributed by atoms with Crippen molar-refractivity contribution in [2.45, 2.75) is 31.9 Å². The zero-order valence-electron chi connectivity index (χ0n) is 11.0. The standard InChI is InChI=1S/C14H19Br2NO2/c1-17(9-11-4-2-3-5-19-11)8-10-6-12(15)14(18)13(16)7-10/h6-7,11,18H,2-5,8-9H2,1H3. The fraction of sp³-hybridized carbons (Fsp3) is 0.571. The molecule has 3 nitrogen and oxygen atoms in total. The molecule has 1 aliphatic heterocycles. The second kappa shape index (κ2) is 7.07. The molecule has 0 bridgehead atoms. The van der Waals surface area contributed by atoms with Crippen molar-refractivity contribution in [1.29, 1.82) is 0 Å². The van der Waals surface area contributed by atoms with E-state index in [9.17, 15) is 5.11 Å². The lowest BCUT2D eigenvalue weighted by molar-refractivity contribution is -0.00259. The quantitative estimate of drug-likeness (QED) is 0.842. The predicted octanol–water partition coefficient (Wildman–Crippen LogP) is 3.92. The summed E-state index contributed by atoms with van der Waals surface area (Å²) in [4.78, 5) is 2.27. The predicted molar refractivity (Wildman–Crippen MR) is 83.4 cm³/mol. The van der Waals surface area contributed by atoms with E-state index in [-0.39, 0.29) is 5.75 Å². The number of ether oxygens (including phenoxy) is 1. The molecule has 0 aromatic heterocycles. The van der Waals surface area contributed by atoms with E-state index in [1.165, 1.54) is 12.8 Å². The van der Waals surface area contributed by atoms with Gasteiger partial charge in [0.05, 0.1) is 15.0 Å². The van der Waals surface area contributed by atoms with Gasteiger partial charge in [0.25, 0.3) is 0 Å². The number of hydrogen-bond donors (Lipinski definition) is 1. The molecule has 1 aliphatic rings. The van der Waals surface area contributed by atoms with Crippen LogP contribution in [-0.4, -0.2) is 36.3 Å². The zero-order valence-corrected chi connectivity index (χ0v) is 14.2. The Labute approximate surface area is 131 Å². The Balaban J connectivity index is 1.92. The molecule has 1 atom stereocenters. The summed E-state index contributed by atoms with van der Waals surface area (Å²) in [5.74, 6) is 0.252. The monoisotopic (exact) mass is 391 g/mol. The smallest absolute Gasteiger partial charge is 0.143 e. The summed E-state index contributed by atoms with van der Waals surface area (Å²) in [5.41, 5.74) is 1.16. The van der Waals surface area contributed by atoms with Gasteiger partial charge in [0.2, 0.25) is 0 Å². The van der Waals surface area contributed by atoms with Crippen LogP contribution in [0.3, 0.4) is 0 Å². The van der Waals surface area contributed by atoms with Crippen molar-refractivity contribution in [1.82, 2.24) is 4.90 Å². The van der Waals surface area contributed by atoms with Crippen LogP contribution in [0, 0.1) is 0 Å². The fourth-order valence-corrected chi connectivity index (χ4v) is 3.67. The Bertz CT molecular complexity index is 410. The number of benzene rings is 1. The summed E-state index contributed by atoms with van der Waals surface area (Å²) in [6, 6.07) is 3.91. The lowest BCUT2D eigenvalue weighted by atomic mass is 10.1. The highest BCUT2D eigenvalue weighted by atomic mass is 79.9. The minimum absolute atomic E-state index is 0.252. The average Bonchev–Trinajstić information content (AvgIpc) is 2.37. The van der Waals surface area contributed by atoms with Gasteiger partial charge in [-0.3, -0.25) is 4.90 Å². The van der Waals surface area contributed by atoms with Crippen LogP contribution in [0.2, 0.25) is 0 Å². The van der Waals surface area contributed by atoms with Gasteiger partial charge >= 0.3 is 0 Å². The van der Waals surface area contributed by atoms with Gasteiger partial charge in [-0.2, -0.15) is 0 Å². The summed E-state index contributed by atoms with van der Waals surface area (Å²) < 4.78 is 7.20. The van der Waals surface area contributed by atoms with Crippen molar-refractivity contribution in [3.05, 3.63) is 26.6 Å². The number of halogens is 2. The third-order valence-corrected chi connectivity index (χ3v) is 4.53. The third-order valence-electron chi connectivity index (χ3n) is 3.32. The Kier molecular flexibility index (Phi) is 5.69. The van der Waals surface area contributed by atoms with E-state index >= 15 is 0 Å². The van der Waals surface area contributed by atoms with Gasteiger partial charge in [-0.1, -0.05) is 0 Å². The van der Waals surface area contributed by atoms with Crippen molar-refractivity contribution in [3.63, 3.8) is 0 Å². The van der Waals surface area contributed by atoms with Gasteiger partial charge in [0.15, 0.2) is 0 Å². The molecule has 0 radical (unpaired) electrons.